The minimum atomic E-state index is -0.206. The van der Waals surface area contributed by atoms with Gasteiger partial charge < -0.3 is 19.7 Å². The molecule has 0 spiro atoms. The minimum Gasteiger partial charge on any atom is -0.494 e. The first-order valence-electron chi connectivity index (χ1n) is 7.87. The third-order valence-electron chi connectivity index (χ3n) is 4.22. The maximum absolute atomic E-state index is 12.0. The molecular formula is C17H21ClN2O3. The number of hydrogen-bond donors (Lipinski definition) is 1. The van der Waals surface area contributed by atoms with Crippen LogP contribution in [0.15, 0.2) is 30.2 Å². The lowest BCUT2D eigenvalue weighted by atomic mass is 10.1. The summed E-state index contributed by atoms with van der Waals surface area (Å²) in [5.41, 5.74) is 2.40. The van der Waals surface area contributed by atoms with Gasteiger partial charge in [0.05, 0.1) is 0 Å². The van der Waals surface area contributed by atoms with Crippen LogP contribution in [0, 0.1) is 12.8 Å². The third-order valence-corrected chi connectivity index (χ3v) is 4.46. The molecule has 1 N–H and O–H groups in total. The third kappa shape index (κ3) is 3.91. The second-order valence-corrected chi connectivity index (χ2v) is 6.38. The van der Waals surface area contributed by atoms with Crippen molar-refractivity contribution >= 4 is 23.2 Å². The number of nitrogens with zero attached hydrogens (tertiary/aromatic N) is 1. The normalized spacial score (nSPS) is 20.5. The van der Waals surface area contributed by atoms with E-state index in [1.54, 1.807) is 0 Å². The van der Waals surface area contributed by atoms with E-state index in [-0.39, 0.29) is 11.7 Å². The van der Waals surface area contributed by atoms with Crippen LogP contribution < -0.4 is 10.2 Å². The number of halogens is 1. The van der Waals surface area contributed by atoms with Crippen molar-refractivity contribution in [1.82, 2.24) is 5.32 Å². The fourth-order valence-corrected chi connectivity index (χ4v) is 3.12. The van der Waals surface area contributed by atoms with Crippen LogP contribution in [0.25, 0.3) is 0 Å². The standard InChI is InChI=1S/C17H21ClN2O3/c1-12-2-3-14(18)8-15(12)20-5-4-13(10-20)9-19-17(21)16-11-22-6-7-23-16/h2-3,8,11,13H,4-7,9-10H2,1H3,(H,19,21)/t13-/m1/s1. The zero-order valence-electron chi connectivity index (χ0n) is 13.2. The van der Waals surface area contributed by atoms with Crippen LogP contribution in [-0.4, -0.2) is 38.8 Å². The Morgan fingerprint density at radius 3 is 3.09 bits per heavy atom. The summed E-state index contributed by atoms with van der Waals surface area (Å²) in [6.45, 7) is 5.53. The molecule has 0 unspecified atom stereocenters. The molecule has 124 valence electrons. The first kappa shape index (κ1) is 16.0. The van der Waals surface area contributed by atoms with Gasteiger partial charge >= 0.3 is 0 Å². The number of ether oxygens (including phenoxy) is 2. The average molecular weight is 337 g/mol. The maximum atomic E-state index is 12.0. The van der Waals surface area contributed by atoms with Gasteiger partial charge in [0.15, 0.2) is 0 Å². The Morgan fingerprint density at radius 1 is 1.43 bits per heavy atom. The van der Waals surface area contributed by atoms with Crippen LogP contribution in [0.5, 0.6) is 0 Å². The molecule has 1 atom stereocenters. The van der Waals surface area contributed by atoms with Gasteiger partial charge in [-0.25, -0.2) is 0 Å². The molecule has 1 fully saturated rings. The largest absolute Gasteiger partial charge is 0.494 e. The van der Waals surface area contributed by atoms with Gasteiger partial charge in [-0.3, -0.25) is 4.79 Å². The summed E-state index contributed by atoms with van der Waals surface area (Å²) in [4.78, 5) is 14.3. The van der Waals surface area contributed by atoms with E-state index in [1.807, 2.05) is 18.2 Å². The SMILES string of the molecule is Cc1ccc(Cl)cc1N1CC[C@H](CNC(=O)C2=COCCO2)C1. The van der Waals surface area contributed by atoms with E-state index in [0.29, 0.717) is 25.7 Å². The second-order valence-electron chi connectivity index (χ2n) is 5.94. The molecule has 0 aliphatic carbocycles. The summed E-state index contributed by atoms with van der Waals surface area (Å²) in [6.07, 6.45) is 2.43. The molecule has 6 heteroatoms. The number of rotatable bonds is 4. The van der Waals surface area contributed by atoms with E-state index in [9.17, 15) is 4.79 Å². The molecule has 0 saturated carbocycles. The van der Waals surface area contributed by atoms with Gasteiger partial charge in [0, 0.05) is 30.3 Å². The highest BCUT2D eigenvalue weighted by molar-refractivity contribution is 6.30. The van der Waals surface area contributed by atoms with E-state index in [1.165, 1.54) is 17.5 Å². The topological polar surface area (TPSA) is 50.8 Å². The summed E-state index contributed by atoms with van der Waals surface area (Å²) in [5, 5.41) is 3.68. The molecule has 1 aromatic rings. The van der Waals surface area contributed by atoms with Crippen molar-refractivity contribution in [3.8, 4) is 0 Å². The fraction of sp³-hybridized carbons (Fsp3) is 0.471. The average Bonchev–Trinajstić information content (AvgIpc) is 3.04. The second kappa shape index (κ2) is 7.13. The molecule has 0 bridgehead atoms. The van der Waals surface area contributed by atoms with Gasteiger partial charge in [0.1, 0.15) is 19.5 Å². The Morgan fingerprint density at radius 2 is 2.30 bits per heavy atom. The van der Waals surface area contributed by atoms with Gasteiger partial charge in [-0.05, 0) is 37.0 Å². The quantitative estimate of drug-likeness (QED) is 0.917. The number of aryl methyl sites for hydroxylation is 1. The van der Waals surface area contributed by atoms with Crippen LogP contribution in [0.4, 0.5) is 5.69 Å². The molecule has 1 amide bonds. The molecule has 23 heavy (non-hydrogen) atoms. The molecule has 2 aliphatic heterocycles. The summed E-state index contributed by atoms with van der Waals surface area (Å²) in [6, 6.07) is 5.96. The molecule has 2 heterocycles. The summed E-state index contributed by atoms with van der Waals surface area (Å²) >= 11 is 6.10. The number of carbonyl (C=O) groups is 1. The minimum absolute atomic E-state index is 0.206. The first-order valence-corrected chi connectivity index (χ1v) is 8.25. The lowest BCUT2D eigenvalue weighted by molar-refractivity contribution is -0.122. The fourth-order valence-electron chi connectivity index (χ4n) is 2.95. The van der Waals surface area contributed by atoms with Crippen molar-refractivity contribution in [3.05, 3.63) is 40.8 Å². The molecule has 1 aromatic carbocycles. The van der Waals surface area contributed by atoms with E-state index >= 15 is 0 Å². The van der Waals surface area contributed by atoms with Crippen molar-refractivity contribution < 1.29 is 14.3 Å². The Bertz CT molecular complexity index is 618. The molecule has 3 rings (SSSR count). The molecule has 5 nitrogen and oxygen atoms in total. The highest BCUT2D eigenvalue weighted by Gasteiger charge is 2.25. The predicted molar refractivity (Wildman–Crippen MR) is 89.5 cm³/mol. The van der Waals surface area contributed by atoms with Gasteiger partial charge in [-0.1, -0.05) is 17.7 Å². The Labute approximate surface area is 141 Å². The molecule has 2 aliphatic rings. The Kier molecular flexibility index (Phi) is 4.96. The molecule has 1 saturated heterocycles. The highest BCUT2D eigenvalue weighted by atomic mass is 35.5. The van der Waals surface area contributed by atoms with Crippen molar-refractivity contribution in [2.75, 3.05) is 37.7 Å². The van der Waals surface area contributed by atoms with Crippen LogP contribution in [0.1, 0.15) is 12.0 Å². The van der Waals surface area contributed by atoms with Crippen molar-refractivity contribution in [2.45, 2.75) is 13.3 Å². The van der Waals surface area contributed by atoms with Crippen LogP contribution in [0.3, 0.4) is 0 Å². The number of amides is 1. The number of hydrogen-bond acceptors (Lipinski definition) is 4. The maximum Gasteiger partial charge on any atom is 0.289 e. The number of nitrogens with one attached hydrogen (secondary N) is 1. The van der Waals surface area contributed by atoms with Crippen LogP contribution in [0.2, 0.25) is 5.02 Å². The van der Waals surface area contributed by atoms with Gasteiger partial charge in [0.25, 0.3) is 5.91 Å². The summed E-state index contributed by atoms with van der Waals surface area (Å²) in [7, 11) is 0. The monoisotopic (exact) mass is 336 g/mol. The van der Waals surface area contributed by atoms with Gasteiger partial charge in [0.2, 0.25) is 5.76 Å². The molecule has 0 radical (unpaired) electrons. The van der Waals surface area contributed by atoms with E-state index in [0.717, 1.165) is 24.5 Å². The number of benzene rings is 1. The van der Waals surface area contributed by atoms with Crippen LogP contribution >= 0.6 is 11.6 Å². The van der Waals surface area contributed by atoms with Crippen molar-refractivity contribution in [3.63, 3.8) is 0 Å². The van der Waals surface area contributed by atoms with Crippen LogP contribution in [-0.2, 0) is 14.3 Å². The number of anilines is 1. The lowest BCUT2D eigenvalue weighted by Gasteiger charge is -2.21. The lowest BCUT2D eigenvalue weighted by Crippen LogP contribution is -2.33. The summed E-state index contributed by atoms with van der Waals surface area (Å²) in [5.74, 6) is 0.473. The molecular weight excluding hydrogens is 316 g/mol. The highest BCUT2D eigenvalue weighted by Crippen LogP contribution is 2.29. The zero-order valence-corrected chi connectivity index (χ0v) is 13.9. The smallest absolute Gasteiger partial charge is 0.289 e. The van der Waals surface area contributed by atoms with E-state index < -0.39 is 0 Å². The zero-order chi connectivity index (χ0) is 16.2. The first-order chi connectivity index (χ1) is 11.1. The van der Waals surface area contributed by atoms with Crippen molar-refractivity contribution in [1.29, 1.82) is 0 Å². The molecule has 0 aromatic heterocycles. The van der Waals surface area contributed by atoms with Crippen molar-refractivity contribution in [2.24, 2.45) is 5.92 Å². The van der Waals surface area contributed by atoms with Gasteiger partial charge in [-0.2, -0.15) is 0 Å². The number of carbonyl (C=O) groups excluding carboxylic acids is 1. The Balaban J connectivity index is 1.53. The predicted octanol–water partition coefficient (Wildman–Crippen LogP) is 2.48. The van der Waals surface area contributed by atoms with E-state index in [4.69, 9.17) is 21.1 Å². The van der Waals surface area contributed by atoms with E-state index in [2.05, 4.69) is 17.1 Å². The Hall–Kier alpha value is -1.88. The summed E-state index contributed by atoms with van der Waals surface area (Å²) < 4.78 is 10.4. The van der Waals surface area contributed by atoms with Gasteiger partial charge in [-0.15, -0.1) is 0 Å².